The van der Waals surface area contributed by atoms with E-state index in [0.29, 0.717) is 0 Å². The number of epoxide rings is 1. The summed E-state index contributed by atoms with van der Waals surface area (Å²) in [5.74, 6) is 0. The van der Waals surface area contributed by atoms with Crippen molar-refractivity contribution in [3.8, 4) is 0 Å². The molecule has 4 atom stereocenters. The molecule has 25 heavy (non-hydrogen) atoms. The van der Waals surface area contributed by atoms with Gasteiger partial charge in [-0.25, -0.2) is 0 Å². The Hall–Kier alpha value is 0.314. The largest absolute Gasteiger partial charge is 0.411 e. The minimum atomic E-state index is -1.76. The lowest BCUT2D eigenvalue weighted by Crippen LogP contribution is -2.48. The Labute approximate surface area is 158 Å². The second kappa shape index (κ2) is 7.04. The van der Waals surface area contributed by atoms with Crippen molar-refractivity contribution < 1.29 is 13.6 Å². The van der Waals surface area contributed by atoms with Crippen molar-refractivity contribution >= 4 is 16.6 Å². The van der Waals surface area contributed by atoms with Gasteiger partial charge in [0.15, 0.2) is 16.6 Å². The summed E-state index contributed by atoms with van der Waals surface area (Å²) in [7, 11) is -3.51. The molecule has 1 aliphatic heterocycles. The van der Waals surface area contributed by atoms with E-state index in [1.807, 2.05) is 0 Å². The summed E-state index contributed by atoms with van der Waals surface area (Å²) in [5.41, 5.74) is 0. The zero-order chi connectivity index (χ0) is 19.3. The van der Waals surface area contributed by atoms with Gasteiger partial charge in [0.2, 0.25) is 0 Å². The molecule has 3 nitrogen and oxygen atoms in total. The van der Waals surface area contributed by atoms with Gasteiger partial charge in [0.1, 0.15) is 12.2 Å². The van der Waals surface area contributed by atoms with Crippen molar-refractivity contribution in [3.05, 3.63) is 0 Å². The predicted molar refractivity (Wildman–Crippen MR) is 111 cm³/mol. The first-order chi connectivity index (χ1) is 11.2. The maximum absolute atomic E-state index is 6.75. The first-order valence-corrected chi connectivity index (χ1v) is 16.0. The van der Waals surface area contributed by atoms with E-state index < -0.39 is 16.6 Å². The zero-order valence-corrected chi connectivity index (χ0v) is 20.4. The Morgan fingerprint density at radius 2 is 1.00 bits per heavy atom. The molecule has 0 aromatic carbocycles. The molecule has 0 bridgehead atoms. The topological polar surface area (TPSA) is 31.0 Å². The predicted octanol–water partition coefficient (Wildman–Crippen LogP) is 6.11. The van der Waals surface area contributed by atoms with Crippen LogP contribution in [0.5, 0.6) is 0 Å². The molecule has 0 amide bonds. The summed E-state index contributed by atoms with van der Waals surface area (Å²) in [5, 5.41) is 0.494. The Morgan fingerprint density at radius 1 is 0.680 bits per heavy atom. The van der Waals surface area contributed by atoms with E-state index in [-0.39, 0.29) is 34.5 Å². The van der Waals surface area contributed by atoms with Crippen molar-refractivity contribution in [1.29, 1.82) is 0 Å². The average Bonchev–Trinajstić information content (AvgIpc) is 3.16. The highest BCUT2D eigenvalue weighted by Crippen LogP contribution is 2.45. The third kappa shape index (κ3) is 4.98. The Bertz CT molecular complexity index is 421. The van der Waals surface area contributed by atoms with Gasteiger partial charge < -0.3 is 13.6 Å². The maximum Gasteiger partial charge on any atom is 0.192 e. The third-order valence-electron chi connectivity index (χ3n) is 7.03. The summed E-state index contributed by atoms with van der Waals surface area (Å²) < 4.78 is 19.7. The molecular weight excluding hydrogens is 344 g/mol. The van der Waals surface area contributed by atoms with Crippen LogP contribution in [0, 0.1) is 0 Å². The molecule has 0 aromatic heterocycles. The smallest absolute Gasteiger partial charge is 0.192 e. The van der Waals surface area contributed by atoms with Crippen LogP contribution in [0.4, 0.5) is 0 Å². The first-order valence-electron chi connectivity index (χ1n) is 10.2. The normalized spacial score (nSPS) is 31.9. The fourth-order valence-electron chi connectivity index (χ4n) is 3.12. The van der Waals surface area contributed by atoms with Gasteiger partial charge in [-0.1, -0.05) is 54.4 Å². The molecule has 5 heteroatoms. The molecule has 2 aliphatic rings. The van der Waals surface area contributed by atoms with E-state index in [2.05, 4.69) is 67.7 Å². The number of hydrogen-bond acceptors (Lipinski definition) is 3. The quantitative estimate of drug-likeness (QED) is 0.431. The molecule has 0 unspecified atom stereocenters. The fourth-order valence-corrected chi connectivity index (χ4v) is 5.84. The van der Waals surface area contributed by atoms with Gasteiger partial charge in [0, 0.05) is 0 Å². The molecule has 1 saturated heterocycles. The van der Waals surface area contributed by atoms with Crippen molar-refractivity contribution in [2.45, 2.75) is 128 Å². The van der Waals surface area contributed by atoms with Crippen LogP contribution in [-0.4, -0.2) is 41.1 Å². The standard InChI is InChI=1S/C20H42O3Si2/c1-19(2,3)24(7,8)22-15-13-11-12-14-16(18-17(15)21-18)23-25(9,10)20(4,5)6/h15-18H,11-14H2,1-10H3/t15-,16+,17+,18-. The summed E-state index contributed by atoms with van der Waals surface area (Å²) in [6.45, 7) is 23.3. The van der Waals surface area contributed by atoms with E-state index >= 15 is 0 Å². The molecule has 0 N–H and O–H groups in total. The molecule has 0 spiro atoms. The number of rotatable bonds is 4. The summed E-state index contributed by atoms with van der Waals surface area (Å²) in [6.07, 6.45) is 5.76. The second-order valence-corrected chi connectivity index (χ2v) is 20.7. The third-order valence-corrected chi connectivity index (χ3v) is 16.0. The van der Waals surface area contributed by atoms with Crippen LogP contribution in [0.15, 0.2) is 0 Å². The van der Waals surface area contributed by atoms with Crippen molar-refractivity contribution in [2.75, 3.05) is 0 Å². The van der Waals surface area contributed by atoms with E-state index in [4.69, 9.17) is 13.6 Å². The number of fused-ring (bicyclic) bond motifs is 1. The van der Waals surface area contributed by atoms with E-state index in [0.717, 1.165) is 12.8 Å². The molecule has 0 radical (unpaired) electrons. The van der Waals surface area contributed by atoms with Gasteiger partial charge in [-0.2, -0.15) is 0 Å². The van der Waals surface area contributed by atoms with Crippen molar-refractivity contribution in [2.24, 2.45) is 0 Å². The Morgan fingerprint density at radius 3 is 1.28 bits per heavy atom. The highest BCUT2D eigenvalue weighted by atomic mass is 28.4. The van der Waals surface area contributed by atoms with Crippen LogP contribution < -0.4 is 0 Å². The van der Waals surface area contributed by atoms with Gasteiger partial charge >= 0.3 is 0 Å². The lowest BCUT2D eigenvalue weighted by atomic mass is 9.97. The minimum absolute atomic E-state index is 0.247. The molecule has 1 aliphatic carbocycles. The zero-order valence-electron chi connectivity index (χ0n) is 18.4. The molecule has 2 fully saturated rings. The monoisotopic (exact) mass is 386 g/mol. The van der Waals surface area contributed by atoms with E-state index in [1.54, 1.807) is 0 Å². The molecule has 0 aromatic rings. The van der Waals surface area contributed by atoms with E-state index in [1.165, 1.54) is 12.8 Å². The van der Waals surface area contributed by atoms with Crippen LogP contribution in [-0.2, 0) is 13.6 Å². The minimum Gasteiger partial charge on any atom is -0.411 e. The molecule has 1 saturated carbocycles. The Balaban J connectivity index is 2.05. The van der Waals surface area contributed by atoms with E-state index in [9.17, 15) is 0 Å². The maximum atomic E-state index is 6.75. The molecule has 1 heterocycles. The summed E-state index contributed by atoms with van der Waals surface area (Å²) >= 11 is 0. The van der Waals surface area contributed by atoms with Gasteiger partial charge in [0.05, 0.1) is 12.2 Å². The average molecular weight is 387 g/mol. The lowest BCUT2D eigenvalue weighted by Gasteiger charge is -2.41. The fraction of sp³-hybridized carbons (Fsp3) is 1.00. The van der Waals surface area contributed by atoms with Crippen LogP contribution >= 0.6 is 0 Å². The van der Waals surface area contributed by atoms with Crippen molar-refractivity contribution in [3.63, 3.8) is 0 Å². The molecule has 2 rings (SSSR count). The second-order valence-electron chi connectivity index (χ2n) is 11.2. The van der Waals surface area contributed by atoms with Gasteiger partial charge in [0.25, 0.3) is 0 Å². The van der Waals surface area contributed by atoms with Gasteiger partial charge in [-0.15, -0.1) is 0 Å². The van der Waals surface area contributed by atoms with Gasteiger partial charge in [-0.3, -0.25) is 0 Å². The van der Waals surface area contributed by atoms with Crippen LogP contribution in [0.25, 0.3) is 0 Å². The van der Waals surface area contributed by atoms with Crippen LogP contribution in [0.2, 0.25) is 36.3 Å². The van der Waals surface area contributed by atoms with Gasteiger partial charge in [-0.05, 0) is 49.1 Å². The van der Waals surface area contributed by atoms with Crippen LogP contribution in [0.3, 0.4) is 0 Å². The van der Waals surface area contributed by atoms with Crippen LogP contribution in [0.1, 0.15) is 67.2 Å². The highest BCUT2D eigenvalue weighted by Gasteiger charge is 2.55. The Kier molecular flexibility index (Phi) is 6.09. The lowest BCUT2D eigenvalue weighted by molar-refractivity contribution is 0.121. The van der Waals surface area contributed by atoms with Crippen molar-refractivity contribution in [1.82, 2.24) is 0 Å². The highest BCUT2D eigenvalue weighted by molar-refractivity contribution is 6.74. The molecule has 148 valence electrons. The SMILES string of the molecule is CC(C)(C)[Si](C)(C)O[C@H]1CCCC[C@@H](O[Si](C)(C)C(C)(C)C)[C@@H]2O[C@@H]21. The summed E-state index contributed by atoms with van der Waals surface area (Å²) in [4.78, 5) is 0. The molecular formula is C20H42O3Si2. The number of ether oxygens (including phenoxy) is 1. The first kappa shape index (κ1) is 21.6. The summed E-state index contributed by atoms with van der Waals surface area (Å²) in [6, 6.07) is 0. The number of hydrogen-bond donors (Lipinski definition) is 0.